The van der Waals surface area contributed by atoms with E-state index in [9.17, 15) is 14.9 Å². The molecular weight excluding hydrogens is 494 g/mol. The molecule has 3 aromatic rings. The summed E-state index contributed by atoms with van der Waals surface area (Å²) < 4.78 is 10.3. The maximum absolute atomic E-state index is 12.6. The zero-order valence-electron chi connectivity index (χ0n) is 21.0. The Labute approximate surface area is 219 Å². The first kappa shape index (κ1) is 27.1. The number of carbonyl (C=O) groups is 2. The highest BCUT2D eigenvalue weighted by molar-refractivity contribution is 7.18. The van der Waals surface area contributed by atoms with E-state index in [1.54, 1.807) is 20.8 Å². The maximum Gasteiger partial charge on any atom is 0.348 e. The normalized spacial score (nSPS) is 11.3. The molecule has 2 aromatic heterocycles. The van der Waals surface area contributed by atoms with Gasteiger partial charge in [0, 0.05) is 17.1 Å². The minimum absolute atomic E-state index is 0.196. The number of benzene rings is 1. The van der Waals surface area contributed by atoms with Crippen molar-refractivity contribution in [1.82, 2.24) is 4.98 Å². The highest BCUT2D eigenvalue weighted by Gasteiger charge is 2.26. The highest BCUT2D eigenvalue weighted by Crippen LogP contribution is 2.35. The van der Waals surface area contributed by atoms with Gasteiger partial charge in [-0.25, -0.2) is 14.6 Å². The fourth-order valence-electron chi connectivity index (χ4n) is 3.55. The minimum atomic E-state index is -0.548. The zero-order chi connectivity index (χ0) is 26.2. The molecule has 0 bridgehead atoms. The Hall–Kier alpha value is -3.48. The molecule has 188 valence electrons. The Balaban J connectivity index is 1.88. The summed E-state index contributed by atoms with van der Waals surface area (Å²) in [6, 6.07) is 10.5. The monoisotopic (exact) mass is 523 g/mol. The van der Waals surface area contributed by atoms with E-state index in [-0.39, 0.29) is 18.8 Å². The first-order chi connectivity index (χ1) is 17.3. The maximum atomic E-state index is 12.6. The molecule has 0 unspecified atom stereocenters. The molecule has 7 nitrogen and oxygen atoms in total. The lowest BCUT2D eigenvalue weighted by molar-refractivity contribution is 0.0527. The van der Waals surface area contributed by atoms with E-state index in [1.165, 1.54) is 23.1 Å². The number of allylic oxidation sites excluding steroid dienone is 1. The van der Waals surface area contributed by atoms with Gasteiger partial charge in [-0.3, -0.25) is 0 Å². The number of ether oxygens (including phenoxy) is 2. The van der Waals surface area contributed by atoms with E-state index < -0.39 is 11.9 Å². The smallest absolute Gasteiger partial charge is 0.348 e. The second-order valence-electron chi connectivity index (χ2n) is 8.35. The number of esters is 2. The van der Waals surface area contributed by atoms with Crippen molar-refractivity contribution in [2.45, 2.75) is 41.0 Å². The van der Waals surface area contributed by atoms with Crippen LogP contribution in [-0.4, -0.2) is 30.1 Å². The summed E-state index contributed by atoms with van der Waals surface area (Å²) in [5, 5.41) is 15.7. The number of anilines is 1. The molecule has 0 atom stereocenters. The average molecular weight is 524 g/mol. The van der Waals surface area contributed by atoms with Crippen molar-refractivity contribution in [2.75, 3.05) is 18.5 Å². The Bertz CT molecular complexity index is 1300. The predicted octanol–water partition coefficient (Wildman–Crippen LogP) is 6.71. The number of nitrogens with one attached hydrogen (secondary N) is 1. The van der Waals surface area contributed by atoms with Crippen LogP contribution in [0.25, 0.3) is 16.8 Å². The Morgan fingerprint density at radius 2 is 1.81 bits per heavy atom. The molecule has 0 spiro atoms. The van der Waals surface area contributed by atoms with Gasteiger partial charge in [0.15, 0.2) is 0 Å². The van der Waals surface area contributed by atoms with Gasteiger partial charge in [0.05, 0.1) is 24.5 Å². The number of hydrogen-bond acceptors (Lipinski definition) is 9. The van der Waals surface area contributed by atoms with E-state index in [0.717, 1.165) is 29.0 Å². The molecule has 9 heteroatoms. The molecule has 0 aliphatic carbocycles. The number of aromatic nitrogens is 1. The lowest BCUT2D eigenvalue weighted by Gasteiger charge is -2.05. The molecular formula is C27H29N3O4S2. The molecule has 0 saturated heterocycles. The lowest BCUT2D eigenvalue weighted by Crippen LogP contribution is -2.09. The van der Waals surface area contributed by atoms with Crippen LogP contribution < -0.4 is 5.32 Å². The summed E-state index contributed by atoms with van der Waals surface area (Å²) in [7, 11) is 0. The van der Waals surface area contributed by atoms with Crippen LogP contribution in [0.4, 0.5) is 5.00 Å². The quantitative estimate of drug-likeness (QED) is 0.233. The van der Waals surface area contributed by atoms with Crippen molar-refractivity contribution >= 4 is 45.2 Å². The molecule has 0 aliphatic rings. The largest absolute Gasteiger partial charge is 0.462 e. The molecule has 0 aliphatic heterocycles. The van der Waals surface area contributed by atoms with Gasteiger partial charge in [0.25, 0.3) is 0 Å². The van der Waals surface area contributed by atoms with Gasteiger partial charge in [-0.1, -0.05) is 38.1 Å². The third-order valence-corrected chi connectivity index (χ3v) is 7.26. The summed E-state index contributed by atoms with van der Waals surface area (Å²) in [4.78, 5) is 29.9. The van der Waals surface area contributed by atoms with Crippen molar-refractivity contribution in [3.8, 4) is 17.3 Å². The number of rotatable bonds is 10. The summed E-state index contributed by atoms with van der Waals surface area (Å²) in [6.07, 6.45) is 2.51. The van der Waals surface area contributed by atoms with Crippen molar-refractivity contribution in [3.05, 3.63) is 62.4 Å². The first-order valence-electron chi connectivity index (χ1n) is 11.7. The van der Waals surface area contributed by atoms with Crippen LogP contribution in [0.1, 0.15) is 63.9 Å². The van der Waals surface area contributed by atoms with Crippen LogP contribution in [0.3, 0.4) is 0 Å². The predicted molar refractivity (Wildman–Crippen MR) is 144 cm³/mol. The van der Waals surface area contributed by atoms with Crippen LogP contribution in [0.2, 0.25) is 0 Å². The van der Waals surface area contributed by atoms with E-state index in [0.29, 0.717) is 31.9 Å². The van der Waals surface area contributed by atoms with Crippen LogP contribution in [-0.2, 0) is 15.9 Å². The van der Waals surface area contributed by atoms with Gasteiger partial charge in [0.2, 0.25) is 0 Å². The van der Waals surface area contributed by atoms with Crippen molar-refractivity contribution in [3.63, 3.8) is 0 Å². The SMILES string of the molecule is CCOC(=O)c1sc(N/C=C(\C#N)c2nc(-c3ccc(CC(C)C)cc3)cs2)c(C(=O)OCC)c1C. The molecule has 0 amide bonds. The number of thiophene rings is 1. The number of thiazole rings is 1. The molecule has 0 saturated carbocycles. The van der Waals surface area contributed by atoms with Crippen LogP contribution in [0.5, 0.6) is 0 Å². The molecule has 1 N–H and O–H groups in total. The van der Waals surface area contributed by atoms with Gasteiger partial charge in [-0.05, 0) is 44.2 Å². The number of nitrogens with zero attached hydrogens (tertiary/aromatic N) is 2. The third-order valence-electron chi connectivity index (χ3n) is 5.18. The van der Waals surface area contributed by atoms with Gasteiger partial charge >= 0.3 is 11.9 Å². The van der Waals surface area contributed by atoms with Gasteiger partial charge in [-0.2, -0.15) is 5.26 Å². The minimum Gasteiger partial charge on any atom is -0.462 e. The van der Waals surface area contributed by atoms with Gasteiger partial charge in [0.1, 0.15) is 26.5 Å². The fourth-order valence-corrected chi connectivity index (χ4v) is 5.40. The molecule has 2 heterocycles. The Morgan fingerprint density at radius 1 is 1.14 bits per heavy atom. The summed E-state index contributed by atoms with van der Waals surface area (Å²) >= 11 is 2.45. The van der Waals surface area contributed by atoms with Crippen molar-refractivity contribution in [1.29, 1.82) is 5.26 Å². The highest BCUT2D eigenvalue weighted by atomic mass is 32.1. The summed E-state index contributed by atoms with van der Waals surface area (Å²) in [6.45, 7) is 9.90. The van der Waals surface area contributed by atoms with E-state index in [2.05, 4.69) is 42.4 Å². The van der Waals surface area contributed by atoms with E-state index in [1.807, 2.05) is 17.5 Å². The summed E-state index contributed by atoms with van der Waals surface area (Å²) in [5.74, 6) is -0.469. The Kier molecular flexibility index (Phi) is 9.39. The second-order valence-corrected chi connectivity index (χ2v) is 10.2. The molecule has 3 rings (SSSR count). The molecule has 36 heavy (non-hydrogen) atoms. The Morgan fingerprint density at radius 3 is 2.42 bits per heavy atom. The van der Waals surface area contributed by atoms with E-state index in [4.69, 9.17) is 9.47 Å². The number of nitriles is 1. The third kappa shape index (κ3) is 6.39. The van der Waals surface area contributed by atoms with Crippen molar-refractivity contribution < 1.29 is 19.1 Å². The molecule has 0 radical (unpaired) electrons. The molecule has 1 aromatic carbocycles. The second kappa shape index (κ2) is 12.5. The van der Waals surface area contributed by atoms with Crippen LogP contribution in [0, 0.1) is 24.2 Å². The van der Waals surface area contributed by atoms with Gasteiger partial charge in [-0.15, -0.1) is 22.7 Å². The van der Waals surface area contributed by atoms with Crippen LogP contribution in [0.15, 0.2) is 35.8 Å². The lowest BCUT2D eigenvalue weighted by atomic mass is 10.0. The van der Waals surface area contributed by atoms with Crippen LogP contribution >= 0.6 is 22.7 Å². The van der Waals surface area contributed by atoms with Crippen molar-refractivity contribution in [2.24, 2.45) is 5.92 Å². The molecule has 0 fully saturated rings. The number of hydrogen-bond donors (Lipinski definition) is 1. The standard InChI is InChI=1S/C27H29N3O4S2/c1-6-33-26(31)22-17(5)23(27(32)34-7-2)36-25(22)29-14-20(13-28)24-30-21(15-35-24)19-10-8-18(9-11-19)12-16(3)4/h8-11,14-16,29H,6-7,12H2,1-5H3/b20-14+. The van der Waals surface area contributed by atoms with E-state index >= 15 is 0 Å². The first-order valence-corrected chi connectivity index (χ1v) is 13.4. The average Bonchev–Trinajstić information content (AvgIpc) is 3.45. The number of carbonyl (C=O) groups excluding carboxylic acids is 2. The zero-order valence-corrected chi connectivity index (χ0v) is 22.6. The summed E-state index contributed by atoms with van der Waals surface area (Å²) in [5.41, 5.74) is 4.07. The topological polar surface area (TPSA) is 101 Å². The van der Waals surface area contributed by atoms with Gasteiger partial charge < -0.3 is 14.8 Å². The fraction of sp³-hybridized carbons (Fsp3) is 0.333.